The number of hydrogen-bond donors (Lipinski definition) is 2. The van der Waals surface area contributed by atoms with Gasteiger partial charge in [-0.1, -0.05) is 12.1 Å². The number of anilines is 3. The maximum absolute atomic E-state index is 12.9. The smallest absolute Gasteiger partial charge is 0.339 e. The normalized spacial score (nSPS) is 10.1. The molecule has 0 saturated carbocycles. The molecular formula is C20H16FN3O3. The fourth-order valence-electron chi connectivity index (χ4n) is 2.37. The average molecular weight is 365 g/mol. The van der Waals surface area contributed by atoms with Crippen molar-refractivity contribution in [3.8, 4) is 0 Å². The van der Waals surface area contributed by atoms with Gasteiger partial charge >= 0.3 is 5.97 Å². The van der Waals surface area contributed by atoms with Gasteiger partial charge in [0.25, 0.3) is 5.91 Å². The molecule has 0 radical (unpaired) electrons. The van der Waals surface area contributed by atoms with Gasteiger partial charge < -0.3 is 15.4 Å². The van der Waals surface area contributed by atoms with E-state index in [-0.39, 0.29) is 11.5 Å². The molecule has 0 atom stereocenters. The van der Waals surface area contributed by atoms with Crippen LogP contribution in [0.5, 0.6) is 0 Å². The van der Waals surface area contributed by atoms with Crippen LogP contribution in [0, 0.1) is 5.82 Å². The zero-order chi connectivity index (χ0) is 19.2. The fourth-order valence-corrected chi connectivity index (χ4v) is 2.37. The van der Waals surface area contributed by atoms with Crippen LogP contribution in [0.4, 0.5) is 21.5 Å². The van der Waals surface area contributed by atoms with Gasteiger partial charge in [-0.3, -0.25) is 4.79 Å². The number of methoxy groups -OCH3 is 1. The molecule has 3 rings (SSSR count). The molecule has 2 aromatic carbocycles. The number of ether oxygens (including phenoxy) is 1. The first-order valence-corrected chi connectivity index (χ1v) is 8.04. The Kier molecular flexibility index (Phi) is 5.41. The second kappa shape index (κ2) is 8.09. The van der Waals surface area contributed by atoms with E-state index in [4.69, 9.17) is 4.74 Å². The van der Waals surface area contributed by atoms with E-state index in [1.54, 1.807) is 36.4 Å². The van der Waals surface area contributed by atoms with Gasteiger partial charge in [0.1, 0.15) is 11.5 Å². The molecule has 2 N–H and O–H groups in total. The minimum atomic E-state index is -0.457. The molecule has 0 aliphatic carbocycles. The molecule has 0 fully saturated rings. The van der Waals surface area contributed by atoms with E-state index in [0.29, 0.717) is 22.6 Å². The van der Waals surface area contributed by atoms with Crippen molar-refractivity contribution in [1.29, 1.82) is 0 Å². The summed E-state index contributed by atoms with van der Waals surface area (Å²) in [5.41, 5.74) is 2.22. The van der Waals surface area contributed by atoms with Crippen LogP contribution in [-0.4, -0.2) is 24.0 Å². The Morgan fingerprint density at radius 3 is 2.33 bits per heavy atom. The summed E-state index contributed by atoms with van der Waals surface area (Å²) in [4.78, 5) is 28.1. The van der Waals surface area contributed by atoms with Crippen LogP contribution >= 0.6 is 0 Å². The summed E-state index contributed by atoms with van der Waals surface area (Å²) >= 11 is 0. The number of benzene rings is 2. The number of para-hydroxylation sites is 1. The number of nitrogens with one attached hydrogen (secondary N) is 2. The van der Waals surface area contributed by atoms with Gasteiger partial charge in [0.05, 0.1) is 30.2 Å². The predicted octanol–water partition coefficient (Wildman–Crippen LogP) is 4.00. The third kappa shape index (κ3) is 4.46. The number of carbonyl (C=O) groups is 2. The van der Waals surface area contributed by atoms with Crippen LogP contribution in [0.2, 0.25) is 0 Å². The Morgan fingerprint density at radius 2 is 1.67 bits per heavy atom. The van der Waals surface area contributed by atoms with E-state index < -0.39 is 11.9 Å². The largest absolute Gasteiger partial charge is 0.465 e. The van der Waals surface area contributed by atoms with Crippen LogP contribution in [-0.2, 0) is 4.74 Å². The summed E-state index contributed by atoms with van der Waals surface area (Å²) in [5, 5.41) is 5.71. The van der Waals surface area contributed by atoms with Crippen LogP contribution in [0.1, 0.15) is 20.8 Å². The molecular weight excluding hydrogens is 349 g/mol. The number of carbonyl (C=O) groups excluding carboxylic acids is 2. The maximum Gasteiger partial charge on any atom is 0.339 e. The summed E-state index contributed by atoms with van der Waals surface area (Å²) in [6, 6.07) is 15.6. The summed E-state index contributed by atoms with van der Waals surface area (Å²) in [6.45, 7) is 0. The Hall–Kier alpha value is -3.74. The minimum absolute atomic E-state index is 0.200. The van der Waals surface area contributed by atoms with Gasteiger partial charge in [-0.15, -0.1) is 0 Å². The summed E-state index contributed by atoms with van der Waals surface area (Å²) in [7, 11) is 1.31. The molecule has 0 bridgehead atoms. The zero-order valence-corrected chi connectivity index (χ0v) is 14.4. The lowest BCUT2D eigenvalue weighted by Crippen LogP contribution is -2.13. The summed E-state index contributed by atoms with van der Waals surface area (Å²) in [5.74, 6) is -1.25. The molecule has 0 aliphatic heterocycles. The van der Waals surface area contributed by atoms with E-state index in [9.17, 15) is 14.0 Å². The van der Waals surface area contributed by atoms with Crippen molar-refractivity contribution in [2.45, 2.75) is 0 Å². The fraction of sp³-hybridized carbons (Fsp3) is 0.0500. The number of amides is 1. The van der Waals surface area contributed by atoms with E-state index >= 15 is 0 Å². The van der Waals surface area contributed by atoms with Crippen molar-refractivity contribution >= 4 is 28.9 Å². The SMILES string of the molecule is COC(=O)c1ccccc1Nc1ccc(C(=O)Nc2ccc(F)cc2)nc1. The lowest BCUT2D eigenvalue weighted by molar-refractivity contribution is 0.0601. The number of aromatic nitrogens is 1. The van der Waals surface area contributed by atoms with Crippen LogP contribution in [0.25, 0.3) is 0 Å². The number of pyridine rings is 1. The first kappa shape index (κ1) is 18.1. The number of rotatable bonds is 5. The van der Waals surface area contributed by atoms with Crippen LogP contribution < -0.4 is 10.6 Å². The van der Waals surface area contributed by atoms with Gasteiger partial charge in [0.15, 0.2) is 0 Å². The average Bonchev–Trinajstić information content (AvgIpc) is 2.70. The highest BCUT2D eigenvalue weighted by Gasteiger charge is 2.12. The second-order valence-electron chi connectivity index (χ2n) is 5.56. The van der Waals surface area contributed by atoms with E-state index in [1.807, 2.05) is 0 Å². The minimum Gasteiger partial charge on any atom is -0.465 e. The molecule has 3 aromatic rings. The lowest BCUT2D eigenvalue weighted by atomic mass is 10.1. The number of nitrogens with zero attached hydrogens (tertiary/aromatic N) is 1. The van der Waals surface area contributed by atoms with Crippen molar-refractivity contribution in [2.75, 3.05) is 17.7 Å². The zero-order valence-electron chi connectivity index (χ0n) is 14.4. The quantitative estimate of drug-likeness (QED) is 0.668. The van der Waals surface area contributed by atoms with Crippen molar-refractivity contribution in [3.05, 3.63) is 83.9 Å². The van der Waals surface area contributed by atoms with Crippen molar-refractivity contribution < 1.29 is 18.7 Å². The highest BCUT2D eigenvalue weighted by atomic mass is 19.1. The molecule has 0 aliphatic rings. The Bertz CT molecular complexity index is 957. The molecule has 1 heterocycles. The van der Waals surface area contributed by atoms with Gasteiger partial charge in [0, 0.05) is 5.69 Å². The predicted molar refractivity (Wildman–Crippen MR) is 99.7 cm³/mol. The molecule has 1 amide bonds. The first-order valence-electron chi connectivity index (χ1n) is 8.04. The highest BCUT2D eigenvalue weighted by Crippen LogP contribution is 2.21. The van der Waals surface area contributed by atoms with Crippen molar-refractivity contribution in [3.63, 3.8) is 0 Å². The third-order valence-electron chi connectivity index (χ3n) is 3.71. The first-order chi connectivity index (χ1) is 13.1. The van der Waals surface area contributed by atoms with Crippen LogP contribution in [0.15, 0.2) is 66.9 Å². The molecule has 0 unspecified atom stereocenters. The lowest BCUT2D eigenvalue weighted by Gasteiger charge is -2.11. The number of halogens is 1. The monoisotopic (exact) mass is 365 g/mol. The molecule has 136 valence electrons. The van der Waals surface area contributed by atoms with Gasteiger partial charge in [0.2, 0.25) is 0 Å². The van der Waals surface area contributed by atoms with E-state index in [2.05, 4.69) is 15.6 Å². The molecule has 27 heavy (non-hydrogen) atoms. The molecule has 7 heteroatoms. The summed E-state index contributed by atoms with van der Waals surface area (Å²) in [6.07, 6.45) is 1.48. The molecule has 0 spiro atoms. The third-order valence-corrected chi connectivity index (χ3v) is 3.71. The van der Waals surface area contributed by atoms with Gasteiger partial charge in [-0.05, 0) is 48.5 Å². The van der Waals surface area contributed by atoms with Gasteiger partial charge in [-0.2, -0.15) is 0 Å². The van der Waals surface area contributed by atoms with E-state index in [0.717, 1.165) is 0 Å². The Balaban J connectivity index is 1.71. The van der Waals surface area contributed by atoms with Crippen LogP contribution in [0.3, 0.4) is 0 Å². The van der Waals surface area contributed by atoms with Gasteiger partial charge in [-0.25, -0.2) is 14.2 Å². The number of hydrogen-bond acceptors (Lipinski definition) is 5. The Morgan fingerprint density at radius 1 is 0.963 bits per heavy atom. The molecule has 1 aromatic heterocycles. The Labute approximate surface area is 155 Å². The number of esters is 1. The second-order valence-corrected chi connectivity index (χ2v) is 5.56. The van der Waals surface area contributed by atoms with Crippen molar-refractivity contribution in [2.24, 2.45) is 0 Å². The summed E-state index contributed by atoms with van der Waals surface area (Å²) < 4.78 is 17.7. The topological polar surface area (TPSA) is 80.3 Å². The van der Waals surface area contributed by atoms with Crippen molar-refractivity contribution in [1.82, 2.24) is 4.98 Å². The molecule has 6 nitrogen and oxygen atoms in total. The highest BCUT2D eigenvalue weighted by molar-refractivity contribution is 6.03. The maximum atomic E-state index is 12.9. The standard InChI is InChI=1S/C20H16FN3O3/c1-27-20(26)16-4-2-3-5-17(16)23-15-10-11-18(22-12-15)19(25)24-14-8-6-13(21)7-9-14/h2-12,23H,1H3,(H,24,25). The van der Waals surface area contributed by atoms with E-state index in [1.165, 1.54) is 37.6 Å². The molecule has 0 saturated heterocycles.